The third kappa shape index (κ3) is 6.37. The van der Waals surface area contributed by atoms with Gasteiger partial charge >= 0.3 is 0 Å². The summed E-state index contributed by atoms with van der Waals surface area (Å²) in [6, 6.07) is 16.8. The average Bonchev–Trinajstić information content (AvgIpc) is 3.28. The number of aromatic nitrogens is 4. The molecule has 0 atom stereocenters. The first-order valence-electron chi connectivity index (χ1n) is 14.3. The van der Waals surface area contributed by atoms with E-state index in [1.54, 1.807) is 18.6 Å². The number of rotatable bonds is 6. The van der Waals surface area contributed by atoms with Crippen molar-refractivity contribution in [1.29, 1.82) is 0 Å². The van der Waals surface area contributed by atoms with Crippen LogP contribution in [0.5, 0.6) is 0 Å². The number of nitrogens with one attached hydrogen (secondary N) is 1. The zero-order valence-electron chi connectivity index (χ0n) is 24.3. The molecule has 0 radical (unpaired) electrons. The lowest BCUT2D eigenvalue weighted by atomic mass is 10.0. The van der Waals surface area contributed by atoms with Crippen LogP contribution >= 0.6 is 0 Å². The summed E-state index contributed by atoms with van der Waals surface area (Å²) in [5.41, 5.74) is 3.92. The molecule has 0 amide bonds. The maximum Gasteiger partial charge on any atom is 0.229 e. The first-order valence-corrected chi connectivity index (χ1v) is 16.6. The van der Waals surface area contributed by atoms with E-state index in [9.17, 15) is 4.21 Å². The van der Waals surface area contributed by atoms with E-state index in [2.05, 4.69) is 65.7 Å². The van der Waals surface area contributed by atoms with E-state index < -0.39 is 9.73 Å². The normalized spacial score (nSPS) is 17.7. The van der Waals surface area contributed by atoms with E-state index in [0.29, 0.717) is 23.6 Å². The predicted molar refractivity (Wildman–Crippen MR) is 168 cm³/mol. The SMILES string of the molecule is Cc1cc2cnc(Nc3ccc(N4CCC(N5CCN(C)CC5)CC4)cc3)nc2n1-c1cccc(N=S(C)(C)=O)n1. The van der Waals surface area contributed by atoms with Crippen molar-refractivity contribution in [3.05, 3.63) is 60.4 Å². The lowest BCUT2D eigenvalue weighted by molar-refractivity contribution is 0.0982. The van der Waals surface area contributed by atoms with Gasteiger partial charge in [-0.15, -0.1) is 0 Å². The van der Waals surface area contributed by atoms with Crippen molar-refractivity contribution >= 4 is 43.9 Å². The number of fused-ring (bicyclic) bond motifs is 1. The van der Waals surface area contributed by atoms with Crippen LogP contribution in [0.4, 0.5) is 23.1 Å². The van der Waals surface area contributed by atoms with Crippen LogP contribution in [0.3, 0.4) is 0 Å². The Morgan fingerprint density at radius 2 is 1.68 bits per heavy atom. The number of likely N-dealkylation sites (N-methyl/N-ethyl adjacent to an activating group) is 1. The van der Waals surface area contributed by atoms with Crippen LogP contribution in [0.25, 0.3) is 16.9 Å². The van der Waals surface area contributed by atoms with E-state index >= 15 is 0 Å². The highest BCUT2D eigenvalue weighted by molar-refractivity contribution is 7.92. The summed E-state index contributed by atoms with van der Waals surface area (Å²) in [6.07, 6.45) is 7.47. The molecule has 2 aliphatic rings. The maximum atomic E-state index is 12.2. The highest BCUT2D eigenvalue weighted by Gasteiger charge is 2.26. The standard InChI is InChI=1S/C30H39N9OS/c1-22-20-23-21-31-30(34-29(23)39(22)28-7-5-6-27(33-28)35-41(3,4)40)32-24-8-10-25(11-9-24)37-14-12-26(13-15-37)38-18-16-36(2)17-19-38/h5-11,20-21,26H,12-19H2,1-4H3,(H,31,32,34). The fraction of sp³-hybridized carbons (Fsp3) is 0.433. The van der Waals surface area contributed by atoms with Gasteiger partial charge in [0.25, 0.3) is 0 Å². The van der Waals surface area contributed by atoms with Crippen LogP contribution in [0.15, 0.2) is 59.1 Å². The zero-order valence-corrected chi connectivity index (χ0v) is 25.1. The average molecular weight is 574 g/mol. The van der Waals surface area contributed by atoms with E-state index in [1.165, 1.54) is 44.7 Å². The molecule has 10 nitrogen and oxygen atoms in total. The topological polar surface area (TPSA) is 94.8 Å². The van der Waals surface area contributed by atoms with Crippen molar-refractivity contribution < 1.29 is 4.21 Å². The number of hydrogen-bond acceptors (Lipinski definition) is 9. The van der Waals surface area contributed by atoms with E-state index in [0.717, 1.165) is 35.5 Å². The number of benzene rings is 1. The van der Waals surface area contributed by atoms with Crippen LogP contribution in [-0.2, 0) is 9.73 Å². The quantitative estimate of drug-likeness (QED) is 0.362. The third-order valence-electron chi connectivity index (χ3n) is 7.99. The predicted octanol–water partition coefficient (Wildman–Crippen LogP) is 4.44. The maximum absolute atomic E-state index is 12.2. The van der Waals surface area contributed by atoms with Crippen LogP contribution < -0.4 is 10.2 Å². The molecule has 2 aliphatic heterocycles. The Hall–Kier alpha value is -3.54. The number of hydrogen-bond donors (Lipinski definition) is 1. The monoisotopic (exact) mass is 573 g/mol. The molecule has 4 aromatic rings. The van der Waals surface area contributed by atoms with Gasteiger partial charge < -0.3 is 15.1 Å². The van der Waals surface area contributed by atoms with Gasteiger partial charge in [-0.3, -0.25) is 9.47 Å². The highest BCUT2D eigenvalue weighted by Crippen LogP contribution is 2.27. The summed E-state index contributed by atoms with van der Waals surface area (Å²) in [5, 5.41) is 4.29. The van der Waals surface area contributed by atoms with Crippen LogP contribution in [0, 0.1) is 6.92 Å². The molecule has 2 saturated heterocycles. The number of piperidine rings is 1. The molecule has 0 saturated carbocycles. The Morgan fingerprint density at radius 1 is 0.951 bits per heavy atom. The minimum absolute atomic E-state index is 0.440. The fourth-order valence-corrected chi connectivity index (χ4v) is 6.40. The van der Waals surface area contributed by atoms with Crippen molar-refractivity contribution in [3.63, 3.8) is 0 Å². The Labute approximate surface area is 242 Å². The van der Waals surface area contributed by atoms with Crippen molar-refractivity contribution in [2.45, 2.75) is 25.8 Å². The number of aryl methyl sites for hydroxylation is 1. The molecule has 6 rings (SSSR count). The molecule has 41 heavy (non-hydrogen) atoms. The lowest BCUT2D eigenvalue weighted by Gasteiger charge is -2.42. The summed E-state index contributed by atoms with van der Waals surface area (Å²) >= 11 is 0. The van der Waals surface area contributed by atoms with E-state index in [1.807, 2.05) is 35.9 Å². The summed E-state index contributed by atoms with van der Waals surface area (Å²) in [6.45, 7) is 8.94. The molecule has 11 heteroatoms. The van der Waals surface area contributed by atoms with Crippen LogP contribution in [0.1, 0.15) is 18.5 Å². The second-order valence-corrected chi connectivity index (χ2v) is 14.0. The summed E-state index contributed by atoms with van der Waals surface area (Å²) in [4.78, 5) is 21.6. The highest BCUT2D eigenvalue weighted by atomic mass is 32.2. The first-order chi connectivity index (χ1) is 19.7. The van der Waals surface area contributed by atoms with Crippen molar-refractivity contribution in [2.75, 3.05) is 69.0 Å². The number of nitrogens with zero attached hydrogens (tertiary/aromatic N) is 8. The zero-order chi connectivity index (χ0) is 28.6. The Morgan fingerprint density at radius 3 is 2.39 bits per heavy atom. The van der Waals surface area contributed by atoms with Gasteiger partial charge in [0.05, 0.1) is 0 Å². The molecule has 3 aromatic heterocycles. The summed E-state index contributed by atoms with van der Waals surface area (Å²) < 4.78 is 18.4. The van der Waals surface area contributed by atoms with Crippen LogP contribution in [-0.4, -0.2) is 98.4 Å². The summed E-state index contributed by atoms with van der Waals surface area (Å²) in [7, 11) is -0.0967. The first kappa shape index (κ1) is 27.6. The molecule has 1 N–H and O–H groups in total. The Balaban J connectivity index is 1.15. The molecule has 0 aliphatic carbocycles. The molecule has 0 bridgehead atoms. The molecule has 0 spiro atoms. The van der Waals surface area contributed by atoms with Gasteiger partial charge in [-0.25, -0.2) is 14.2 Å². The summed E-state index contributed by atoms with van der Waals surface area (Å²) in [5.74, 6) is 1.63. The van der Waals surface area contributed by atoms with E-state index in [-0.39, 0.29) is 0 Å². The number of piperazine rings is 1. The third-order valence-corrected chi connectivity index (χ3v) is 8.62. The number of pyridine rings is 1. The lowest BCUT2D eigenvalue weighted by Crippen LogP contribution is -2.52. The second-order valence-electron chi connectivity index (χ2n) is 11.4. The van der Waals surface area contributed by atoms with Gasteiger partial charge in [0.1, 0.15) is 5.82 Å². The van der Waals surface area contributed by atoms with Crippen molar-refractivity contribution in [3.8, 4) is 5.82 Å². The fourth-order valence-electron chi connectivity index (χ4n) is 5.84. The largest absolute Gasteiger partial charge is 0.371 e. The van der Waals surface area contributed by atoms with Gasteiger partial charge in [-0.2, -0.15) is 9.35 Å². The number of anilines is 3. The molecule has 216 valence electrons. The minimum atomic E-state index is -2.31. The Bertz CT molecular complexity index is 1630. The van der Waals surface area contributed by atoms with Crippen molar-refractivity contribution in [1.82, 2.24) is 29.3 Å². The van der Waals surface area contributed by atoms with E-state index in [4.69, 9.17) is 4.98 Å². The molecular formula is C30H39N9OS. The molecule has 2 fully saturated rings. The smallest absolute Gasteiger partial charge is 0.229 e. The van der Waals surface area contributed by atoms with Gasteiger partial charge in [0, 0.05) is 96.2 Å². The van der Waals surface area contributed by atoms with Gasteiger partial charge in [-0.05, 0) is 69.3 Å². The molecular weight excluding hydrogens is 534 g/mol. The minimum Gasteiger partial charge on any atom is -0.371 e. The second kappa shape index (κ2) is 11.4. The van der Waals surface area contributed by atoms with Gasteiger partial charge in [-0.1, -0.05) is 6.07 Å². The molecule has 5 heterocycles. The van der Waals surface area contributed by atoms with Gasteiger partial charge in [0.2, 0.25) is 5.95 Å². The molecule has 1 aromatic carbocycles. The molecule has 0 unspecified atom stereocenters. The van der Waals surface area contributed by atoms with Crippen LogP contribution in [0.2, 0.25) is 0 Å². The Kier molecular flexibility index (Phi) is 7.67. The van der Waals surface area contributed by atoms with Gasteiger partial charge in [0.15, 0.2) is 11.5 Å². The van der Waals surface area contributed by atoms with Crippen molar-refractivity contribution in [2.24, 2.45) is 4.36 Å².